The largest absolute Gasteiger partial charge is 0.483 e. The van der Waals surface area contributed by atoms with Gasteiger partial charge in [-0.15, -0.1) is 0 Å². The molecular formula is C12H20O4. The minimum Gasteiger partial charge on any atom is -0.483 e. The molecule has 4 nitrogen and oxygen atoms in total. The summed E-state index contributed by atoms with van der Waals surface area (Å²) in [6.07, 6.45) is 1.23. The highest BCUT2D eigenvalue weighted by molar-refractivity contribution is 5.99. The summed E-state index contributed by atoms with van der Waals surface area (Å²) in [6.45, 7) is 7.97. The summed E-state index contributed by atoms with van der Waals surface area (Å²) in [5, 5.41) is 0. The number of unbranched alkanes of at least 4 members (excludes halogenated alkanes) is 1. The van der Waals surface area contributed by atoms with E-state index in [1.165, 1.54) is 0 Å². The quantitative estimate of drug-likeness (QED) is 0.517. The van der Waals surface area contributed by atoms with Gasteiger partial charge in [0.25, 0.3) is 0 Å². The van der Waals surface area contributed by atoms with E-state index in [4.69, 9.17) is 14.2 Å². The van der Waals surface area contributed by atoms with Crippen molar-refractivity contribution in [2.24, 2.45) is 0 Å². The summed E-state index contributed by atoms with van der Waals surface area (Å²) in [7, 11) is 0. The van der Waals surface area contributed by atoms with Gasteiger partial charge in [0, 0.05) is 0 Å². The van der Waals surface area contributed by atoms with Gasteiger partial charge in [0.05, 0.1) is 6.61 Å². The smallest absolute Gasteiger partial charge is 0.241 e. The molecule has 0 bridgehead atoms. The molecule has 1 rings (SSSR count). The first-order valence-corrected chi connectivity index (χ1v) is 5.76. The highest BCUT2D eigenvalue weighted by Gasteiger charge is 2.32. The van der Waals surface area contributed by atoms with Crippen molar-refractivity contribution in [1.29, 1.82) is 0 Å². The third kappa shape index (κ3) is 3.23. The average molecular weight is 228 g/mol. The number of Topliss-reactive ketones (excluding diaryl/α,β-unsaturated/α-hetero) is 1. The second-order valence-corrected chi connectivity index (χ2v) is 3.92. The lowest BCUT2D eigenvalue weighted by Crippen LogP contribution is -2.20. The molecule has 1 aliphatic rings. The van der Waals surface area contributed by atoms with Crippen LogP contribution in [0.25, 0.3) is 0 Å². The Kier molecular flexibility index (Phi) is 4.80. The van der Waals surface area contributed by atoms with Gasteiger partial charge in [-0.3, -0.25) is 4.79 Å². The molecule has 0 aromatic rings. The first kappa shape index (κ1) is 13.0. The van der Waals surface area contributed by atoms with Gasteiger partial charge < -0.3 is 14.2 Å². The fourth-order valence-electron chi connectivity index (χ4n) is 1.46. The molecule has 4 heteroatoms. The number of allylic oxidation sites excluding steroid dienone is 1. The molecule has 0 aliphatic carbocycles. The van der Waals surface area contributed by atoms with Gasteiger partial charge in [0.1, 0.15) is 5.76 Å². The molecule has 0 N–H and O–H groups in total. The zero-order valence-corrected chi connectivity index (χ0v) is 10.4. The van der Waals surface area contributed by atoms with Crippen molar-refractivity contribution in [2.45, 2.75) is 52.9 Å². The van der Waals surface area contributed by atoms with Crippen molar-refractivity contribution < 1.29 is 19.0 Å². The molecule has 0 radical (unpaired) electrons. The van der Waals surface area contributed by atoms with Gasteiger partial charge >= 0.3 is 0 Å². The molecule has 0 saturated carbocycles. The highest BCUT2D eigenvalue weighted by atomic mass is 16.7. The van der Waals surface area contributed by atoms with Crippen LogP contribution >= 0.6 is 0 Å². The standard InChI is InChI=1S/C12H20O4/c1-5-6-7-14-10(4)16-12-9(3)15-8(2)11(12)13/h8,10H,5-7H2,1-4H3. The Balaban J connectivity index is 2.41. The van der Waals surface area contributed by atoms with Gasteiger partial charge in [-0.05, 0) is 27.2 Å². The third-order valence-corrected chi connectivity index (χ3v) is 2.40. The van der Waals surface area contributed by atoms with Gasteiger partial charge in [-0.2, -0.15) is 0 Å². The normalized spacial score (nSPS) is 22.2. The van der Waals surface area contributed by atoms with Gasteiger partial charge in [-0.25, -0.2) is 0 Å². The van der Waals surface area contributed by atoms with Crippen LogP contribution in [-0.4, -0.2) is 24.8 Å². The van der Waals surface area contributed by atoms with E-state index in [2.05, 4.69) is 6.92 Å². The van der Waals surface area contributed by atoms with E-state index >= 15 is 0 Å². The molecule has 0 aromatic carbocycles. The summed E-state index contributed by atoms with van der Waals surface area (Å²) in [6, 6.07) is 0. The second-order valence-electron chi connectivity index (χ2n) is 3.92. The van der Waals surface area contributed by atoms with Crippen LogP contribution in [0.5, 0.6) is 0 Å². The maximum Gasteiger partial charge on any atom is 0.241 e. The van der Waals surface area contributed by atoms with Crippen LogP contribution in [0.4, 0.5) is 0 Å². The number of ketones is 1. The zero-order valence-electron chi connectivity index (χ0n) is 10.4. The van der Waals surface area contributed by atoms with Crippen molar-refractivity contribution in [1.82, 2.24) is 0 Å². The van der Waals surface area contributed by atoms with Crippen molar-refractivity contribution >= 4 is 5.78 Å². The molecule has 1 heterocycles. The number of hydrogen-bond donors (Lipinski definition) is 0. The summed E-state index contributed by atoms with van der Waals surface area (Å²) < 4.78 is 16.1. The van der Waals surface area contributed by atoms with Crippen LogP contribution in [0.2, 0.25) is 0 Å². The van der Waals surface area contributed by atoms with Crippen LogP contribution in [0.1, 0.15) is 40.5 Å². The first-order valence-electron chi connectivity index (χ1n) is 5.76. The molecule has 2 unspecified atom stereocenters. The van der Waals surface area contributed by atoms with E-state index in [-0.39, 0.29) is 5.78 Å². The molecule has 0 fully saturated rings. The fraction of sp³-hybridized carbons (Fsp3) is 0.750. The topological polar surface area (TPSA) is 44.8 Å². The summed E-state index contributed by atoms with van der Waals surface area (Å²) in [5.41, 5.74) is 0. The zero-order chi connectivity index (χ0) is 12.1. The lowest BCUT2D eigenvalue weighted by atomic mass is 10.2. The molecule has 0 amide bonds. The number of carbonyl (C=O) groups is 1. The Morgan fingerprint density at radius 3 is 2.69 bits per heavy atom. The molecule has 0 saturated heterocycles. The molecule has 0 spiro atoms. The lowest BCUT2D eigenvalue weighted by molar-refractivity contribution is -0.134. The van der Waals surface area contributed by atoms with Crippen molar-refractivity contribution in [3.63, 3.8) is 0 Å². The lowest BCUT2D eigenvalue weighted by Gasteiger charge is -2.15. The van der Waals surface area contributed by atoms with Crippen molar-refractivity contribution in [3.8, 4) is 0 Å². The third-order valence-electron chi connectivity index (χ3n) is 2.40. The van der Waals surface area contributed by atoms with Crippen LogP contribution in [0.3, 0.4) is 0 Å². The summed E-state index contributed by atoms with van der Waals surface area (Å²) in [4.78, 5) is 11.6. The Labute approximate surface area is 96.6 Å². The predicted molar refractivity (Wildman–Crippen MR) is 59.7 cm³/mol. The molecule has 92 valence electrons. The molecule has 0 aromatic heterocycles. The Morgan fingerprint density at radius 2 is 2.19 bits per heavy atom. The van der Waals surface area contributed by atoms with Crippen LogP contribution in [0.15, 0.2) is 11.5 Å². The van der Waals surface area contributed by atoms with E-state index in [1.54, 1.807) is 20.8 Å². The number of rotatable bonds is 6. The van der Waals surface area contributed by atoms with E-state index in [9.17, 15) is 4.79 Å². The fourth-order valence-corrected chi connectivity index (χ4v) is 1.46. The summed E-state index contributed by atoms with van der Waals surface area (Å²) >= 11 is 0. The van der Waals surface area contributed by atoms with Crippen LogP contribution in [0, 0.1) is 0 Å². The highest BCUT2D eigenvalue weighted by Crippen LogP contribution is 2.23. The Bertz CT molecular complexity index is 283. The Morgan fingerprint density at radius 1 is 1.50 bits per heavy atom. The van der Waals surface area contributed by atoms with Gasteiger partial charge in [0.2, 0.25) is 11.5 Å². The maximum absolute atomic E-state index is 11.6. The molecule has 2 atom stereocenters. The van der Waals surface area contributed by atoms with E-state index in [1.807, 2.05) is 0 Å². The van der Waals surface area contributed by atoms with Gasteiger partial charge in [-0.1, -0.05) is 13.3 Å². The molecule has 16 heavy (non-hydrogen) atoms. The second kappa shape index (κ2) is 5.89. The van der Waals surface area contributed by atoms with Crippen molar-refractivity contribution in [3.05, 3.63) is 11.5 Å². The number of hydrogen-bond acceptors (Lipinski definition) is 4. The first-order chi connectivity index (χ1) is 7.56. The van der Waals surface area contributed by atoms with Crippen molar-refractivity contribution in [2.75, 3.05) is 6.61 Å². The summed E-state index contributed by atoms with van der Waals surface area (Å²) in [5.74, 6) is 0.739. The number of carbonyl (C=O) groups excluding carboxylic acids is 1. The van der Waals surface area contributed by atoms with E-state index < -0.39 is 12.4 Å². The average Bonchev–Trinajstić information content (AvgIpc) is 2.46. The SMILES string of the molecule is CCCCOC(C)OC1=C(C)OC(C)C1=O. The van der Waals surface area contributed by atoms with E-state index in [0.717, 1.165) is 12.8 Å². The van der Waals surface area contributed by atoms with Gasteiger partial charge in [0.15, 0.2) is 12.4 Å². The Hall–Kier alpha value is -1.03. The predicted octanol–water partition coefficient (Wildman–Crippen LogP) is 2.39. The minimum atomic E-state index is -0.433. The van der Waals surface area contributed by atoms with Crippen LogP contribution < -0.4 is 0 Å². The number of ether oxygens (including phenoxy) is 3. The van der Waals surface area contributed by atoms with Crippen LogP contribution in [-0.2, 0) is 19.0 Å². The maximum atomic E-state index is 11.6. The molecular weight excluding hydrogens is 208 g/mol. The van der Waals surface area contributed by atoms with E-state index in [0.29, 0.717) is 18.1 Å². The molecule has 1 aliphatic heterocycles. The monoisotopic (exact) mass is 228 g/mol. The minimum absolute atomic E-state index is 0.108.